The van der Waals surface area contributed by atoms with Gasteiger partial charge in [-0.15, -0.1) is 0 Å². The van der Waals surface area contributed by atoms with Crippen LogP contribution in [0, 0.1) is 0 Å². The highest BCUT2D eigenvalue weighted by molar-refractivity contribution is 5.71. The summed E-state index contributed by atoms with van der Waals surface area (Å²) in [5.74, 6) is 0. The summed E-state index contributed by atoms with van der Waals surface area (Å²) in [4.78, 5) is 26.3. The molecule has 0 aromatic heterocycles. The minimum absolute atomic E-state index is 0.0101. The van der Waals surface area contributed by atoms with Gasteiger partial charge in [0, 0.05) is 6.04 Å². The lowest BCUT2D eigenvalue weighted by atomic mass is 9.96. The molecule has 0 spiro atoms. The van der Waals surface area contributed by atoms with E-state index in [9.17, 15) is 9.59 Å². The van der Waals surface area contributed by atoms with Gasteiger partial charge in [-0.05, 0) is 45.6 Å². The van der Waals surface area contributed by atoms with Crippen molar-refractivity contribution >= 4 is 12.2 Å². The molecule has 25 heavy (non-hydrogen) atoms. The van der Waals surface area contributed by atoms with Gasteiger partial charge in [0.2, 0.25) is 0 Å². The summed E-state index contributed by atoms with van der Waals surface area (Å²) in [6.07, 6.45) is 1.87. The van der Waals surface area contributed by atoms with Crippen LogP contribution in [0.25, 0.3) is 0 Å². The van der Waals surface area contributed by atoms with Crippen molar-refractivity contribution in [2.45, 2.75) is 70.4 Å². The van der Waals surface area contributed by atoms with Gasteiger partial charge >= 0.3 is 12.2 Å². The highest BCUT2D eigenvalue weighted by Gasteiger charge is 2.50. The van der Waals surface area contributed by atoms with Gasteiger partial charge in [-0.3, -0.25) is 0 Å². The van der Waals surface area contributed by atoms with E-state index < -0.39 is 11.7 Å². The second-order valence-electron chi connectivity index (χ2n) is 7.73. The minimum Gasteiger partial charge on any atom is -0.445 e. The molecule has 1 aromatic rings. The Morgan fingerprint density at radius 1 is 1.20 bits per heavy atom. The summed E-state index contributed by atoms with van der Waals surface area (Å²) < 4.78 is 10.8. The molecule has 2 aliphatic heterocycles. The van der Waals surface area contributed by atoms with Crippen molar-refractivity contribution in [3.8, 4) is 0 Å². The van der Waals surface area contributed by atoms with Crippen LogP contribution in [0.15, 0.2) is 30.3 Å². The Kier molecular flexibility index (Phi) is 4.88. The first-order valence-electron chi connectivity index (χ1n) is 8.82. The number of hydrogen-bond donors (Lipinski definition) is 1. The normalized spacial score (nSPS) is 24.9. The number of rotatable bonds is 3. The molecule has 0 radical (unpaired) electrons. The number of fused-ring (bicyclic) bond motifs is 2. The van der Waals surface area contributed by atoms with Crippen LogP contribution >= 0.6 is 0 Å². The number of nitrogens with zero attached hydrogens (tertiary/aromatic N) is 1. The Balaban J connectivity index is 1.52. The highest BCUT2D eigenvalue weighted by atomic mass is 16.6. The summed E-state index contributed by atoms with van der Waals surface area (Å²) in [6.45, 7) is 5.82. The zero-order valence-corrected chi connectivity index (χ0v) is 15.0. The molecule has 136 valence electrons. The summed E-state index contributed by atoms with van der Waals surface area (Å²) in [6, 6.07) is 9.61. The number of alkyl carbamates (subject to hydrolysis) is 1. The third-order valence-electron chi connectivity index (χ3n) is 4.66. The maximum absolute atomic E-state index is 12.4. The molecule has 2 saturated heterocycles. The first-order valence-corrected chi connectivity index (χ1v) is 8.82. The van der Waals surface area contributed by atoms with Gasteiger partial charge in [0.1, 0.15) is 12.2 Å². The van der Waals surface area contributed by atoms with Crippen molar-refractivity contribution in [1.29, 1.82) is 0 Å². The van der Waals surface area contributed by atoms with Crippen molar-refractivity contribution in [3.05, 3.63) is 35.9 Å². The summed E-state index contributed by atoms with van der Waals surface area (Å²) in [5.41, 5.74) is 0.428. The van der Waals surface area contributed by atoms with Crippen molar-refractivity contribution in [2.24, 2.45) is 0 Å². The lowest BCUT2D eigenvalue weighted by Crippen LogP contribution is -2.46. The molecule has 2 amide bonds. The predicted octanol–water partition coefficient (Wildman–Crippen LogP) is 3.45. The zero-order chi connectivity index (χ0) is 18.0. The fraction of sp³-hybridized carbons (Fsp3) is 0.579. The fourth-order valence-corrected chi connectivity index (χ4v) is 3.66. The van der Waals surface area contributed by atoms with Crippen molar-refractivity contribution in [2.75, 3.05) is 0 Å². The average molecular weight is 346 g/mol. The minimum atomic E-state index is -0.517. The molecule has 0 unspecified atom stereocenters. The summed E-state index contributed by atoms with van der Waals surface area (Å²) in [5, 5.41) is 2.92. The van der Waals surface area contributed by atoms with Gasteiger partial charge in [0.15, 0.2) is 0 Å². The van der Waals surface area contributed by atoms with E-state index in [1.54, 1.807) is 4.90 Å². The topological polar surface area (TPSA) is 67.9 Å². The molecule has 3 rings (SSSR count). The second kappa shape index (κ2) is 6.94. The van der Waals surface area contributed by atoms with Gasteiger partial charge in [-0.2, -0.15) is 0 Å². The third kappa shape index (κ3) is 4.24. The molecule has 2 aliphatic rings. The maximum atomic E-state index is 12.4. The summed E-state index contributed by atoms with van der Waals surface area (Å²) in [7, 11) is 0. The smallest absolute Gasteiger partial charge is 0.410 e. The van der Waals surface area contributed by atoms with Gasteiger partial charge in [-0.1, -0.05) is 30.3 Å². The largest absolute Gasteiger partial charge is 0.445 e. The average Bonchev–Trinajstić information content (AvgIpc) is 3.10. The van der Waals surface area contributed by atoms with E-state index in [-0.39, 0.29) is 30.8 Å². The van der Waals surface area contributed by atoms with Gasteiger partial charge in [-0.25, -0.2) is 9.59 Å². The summed E-state index contributed by atoms with van der Waals surface area (Å²) >= 11 is 0. The number of benzene rings is 1. The molecule has 1 N–H and O–H groups in total. The van der Waals surface area contributed by atoms with E-state index >= 15 is 0 Å². The molecule has 0 saturated carbocycles. The number of carbonyl (C=O) groups excluding carboxylic acids is 2. The van der Waals surface area contributed by atoms with Crippen molar-refractivity contribution in [1.82, 2.24) is 10.2 Å². The number of nitrogens with one attached hydrogen (secondary N) is 1. The van der Waals surface area contributed by atoms with Crippen LogP contribution in [0.2, 0.25) is 0 Å². The van der Waals surface area contributed by atoms with Crippen LogP contribution in [0.1, 0.15) is 45.6 Å². The zero-order valence-electron chi connectivity index (χ0n) is 15.0. The Morgan fingerprint density at radius 3 is 2.60 bits per heavy atom. The molecule has 0 aliphatic carbocycles. The standard InChI is InChI=1S/C19H26N2O4/c1-19(2,3)25-18(23)21-14-9-10-16(21)15(11-14)20-17(22)24-12-13-7-5-4-6-8-13/h4-8,14-16H,9-12H2,1-3H3,(H,20,22)/t14-,15+,16+/m1/s1. The van der Waals surface area contributed by atoms with Crippen LogP contribution < -0.4 is 5.32 Å². The highest BCUT2D eigenvalue weighted by Crippen LogP contribution is 2.38. The first-order chi connectivity index (χ1) is 11.8. The molecule has 2 heterocycles. The van der Waals surface area contributed by atoms with Crippen LogP contribution in [0.3, 0.4) is 0 Å². The van der Waals surface area contributed by atoms with E-state index in [0.717, 1.165) is 24.8 Å². The first kappa shape index (κ1) is 17.6. The lowest BCUT2D eigenvalue weighted by Gasteiger charge is -2.28. The molecule has 2 bridgehead atoms. The maximum Gasteiger partial charge on any atom is 0.410 e. The molecular formula is C19H26N2O4. The van der Waals surface area contributed by atoms with Gasteiger partial charge in [0.25, 0.3) is 0 Å². The van der Waals surface area contributed by atoms with Crippen LogP contribution in [0.5, 0.6) is 0 Å². The molecule has 6 nitrogen and oxygen atoms in total. The van der Waals surface area contributed by atoms with E-state index in [0.29, 0.717) is 0 Å². The number of hydrogen-bond acceptors (Lipinski definition) is 4. The second-order valence-corrected chi connectivity index (χ2v) is 7.73. The van der Waals surface area contributed by atoms with E-state index in [2.05, 4.69) is 5.32 Å². The predicted molar refractivity (Wildman–Crippen MR) is 93.1 cm³/mol. The Bertz CT molecular complexity index is 626. The van der Waals surface area contributed by atoms with E-state index in [1.165, 1.54) is 0 Å². The number of carbonyl (C=O) groups is 2. The SMILES string of the molecule is CC(C)(C)OC(=O)N1[C@@H]2CC[C@H]1[C@@H](NC(=O)OCc1ccccc1)C2. The molecule has 3 atom stereocenters. The molecule has 2 fully saturated rings. The molecular weight excluding hydrogens is 320 g/mol. The Morgan fingerprint density at radius 2 is 1.92 bits per heavy atom. The monoisotopic (exact) mass is 346 g/mol. The fourth-order valence-electron chi connectivity index (χ4n) is 3.66. The number of ether oxygens (including phenoxy) is 2. The lowest BCUT2D eigenvalue weighted by molar-refractivity contribution is 0.0209. The van der Waals surface area contributed by atoms with Crippen molar-refractivity contribution < 1.29 is 19.1 Å². The van der Waals surface area contributed by atoms with Crippen LogP contribution in [-0.4, -0.2) is 40.8 Å². The Labute approximate surface area is 148 Å². The van der Waals surface area contributed by atoms with Crippen LogP contribution in [0.4, 0.5) is 9.59 Å². The quantitative estimate of drug-likeness (QED) is 0.910. The van der Waals surface area contributed by atoms with E-state index in [4.69, 9.17) is 9.47 Å². The molecule has 1 aromatic carbocycles. The third-order valence-corrected chi connectivity index (χ3v) is 4.66. The van der Waals surface area contributed by atoms with Crippen molar-refractivity contribution in [3.63, 3.8) is 0 Å². The van der Waals surface area contributed by atoms with Gasteiger partial charge in [0.05, 0.1) is 12.1 Å². The van der Waals surface area contributed by atoms with Gasteiger partial charge < -0.3 is 19.7 Å². The Hall–Kier alpha value is -2.24. The molecule has 6 heteroatoms. The number of amides is 2. The van der Waals surface area contributed by atoms with E-state index in [1.807, 2.05) is 51.1 Å². The van der Waals surface area contributed by atoms with Crippen LogP contribution in [-0.2, 0) is 16.1 Å².